The molecule has 82 valence electrons. The number of Topliss-reactive ketones (excluding diaryl/α,β-unsaturated/α-hetero) is 1. The van der Waals surface area contributed by atoms with Crippen LogP contribution < -0.4 is 0 Å². The summed E-state index contributed by atoms with van der Waals surface area (Å²) in [6, 6.07) is 3.65. The predicted molar refractivity (Wildman–Crippen MR) is 57.6 cm³/mol. The largest absolute Gasteiger partial charge is 0.506 e. The van der Waals surface area contributed by atoms with Gasteiger partial charge in [-0.25, -0.2) is 0 Å². The summed E-state index contributed by atoms with van der Waals surface area (Å²) in [5.74, 6) is -1.11. The molecule has 16 heavy (non-hydrogen) atoms. The van der Waals surface area contributed by atoms with Crippen LogP contribution in [-0.4, -0.2) is 21.1 Å². The number of nitro groups is 1. The van der Waals surface area contributed by atoms with Crippen molar-refractivity contribution in [2.45, 2.75) is 0 Å². The van der Waals surface area contributed by atoms with Gasteiger partial charge < -0.3 is 5.11 Å². The van der Waals surface area contributed by atoms with E-state index in [9.17, 15) is 20.0 Å². The molecule has 0 spiro atoms. The molecule has 0 aliphatic carbocycles. The first-order chi connectivity index (χ1) is 7.52. The summed E-state index contributed by atoms with van der Waals surface area (Å²) in [6.07, 6.45) is 0. The third-order valence-electron chi connectivity index (χ3n) is 1.89. The van der Waals surface area contributed by atoms with E-state index < -0.39 is 27.7 Å². The highest BCUT2D eigenvalue weighted by molar-refractivity contribution is 9.09. The van der Waals surface area contributed by atoms with Gasteiger partial charge >= 0.3 is 0 Å². The number of nitrogens with zero attached hydrogens (tertiary/aromatic N) is 2. The number of alkyl halides is 1. The highest BCUT2D eigenvalue weighted by Crippen LogP contribution is 2.30. The number of halogens is 1. The number of carbonyl (C=O) groups is 1. The van der Waals surface area contributed by atoms with Gasteiger partial charge in [-0.15, -0.1) is 0 Å². The van der Waals surface area contributed by atoms with E-state index in [-0.39, 0.29) is 10.9 Å². The first kappa shape index (κ1) is 12.1. The molecular formula is C9H5BrN2O4. The van der Waals surface area contributed by atoms with Gasteiger partial charge in [0.1, 0.15) is 6.07 Å². The second kappa shape index (κ2) is 4.72. The highest BCUT2D eigenvalue weighted by Gasteiger charge is 2.22. The van der Waals surface area contributed by atoms with Crippen molar-refractivity contribution in [3.8, 4) is 11.8 Å². The third kappa shape index (κ3) is 2.01. The summed E-state index contributed by atoms with van der Waals surface area (Å²) >= 11 is 2.90. The SMILES string of the molecule is N#Cc1c([N+](=O)[O-])ccc(C(=O)CBr)c1O. The molecule has 1 rings (SSSR count). The van der Waals surface area contributed by atoms with Gasteiger partial charge in [-0.2, -0.15) is 5.26 Å². The minimum atomic E-state index is -0.791. The van der Waals surface area contributed by atoms with Gasteiger partial charge in [-0.1, -0.05) is 15.9 Å². The van der Waals surface area contributed by atoms with Crippen LogP contribution >= 0.6 is 15.9 Å². The molecule has 0 saturated heterocycles. The van der Waals surface area contributed by atoms with Crippen molar-refractivity contribution >= 4 is 27.4 Å². The Bertz CT molecular complexity index is 507. The molecule has 1 aromatic rings. The topological polar surface area (TPSA) is 104 Å². The number of phenolic OH excluding ortho intramolecular Hbond substituents is 1. The Morgan fingerprint density at radius 3 is 2.69 bits per heavy atom. The van der Waals surface area contributed by atoms with Gasteiger partial charge in [0, 0.05) is 6.07 Å². The van der Waals surface area contributed by atoms with E-state index in [2.05, 4.69) is 15.9 Å². The van der Waals surface area contributed by atoms with E-state index >= 15 is 0 Å². The van der Waals surface area contributed by atoms with Crippen molar-refractivity contribution in [3.05, 3.63) is 33.4 Å². The normalized spacial score (nSPS) is 9.50. The molecule has 0 saturated carbocycles. The van der Waals surface area contributed by atoms with E-state index in [1.165, 1.54) is 6.07 Å². The number of carbonyl (C=O) groups excluding carboxylic acids is 1. The average molecular weight is 285 g/mol. The van der Waals surface area contributed by atoms with Gasteiger partial charge in [0.2, 0.25) is 0 Å². The van der Waals surface area contributed by atoms with E-state index in [4.69, 9.17) is 5.26 Å². The van der Waals surface area contributed by atoms with Gasteiger partial charge in [-0.05, 0) is 6.07 Å². The monoisotopic (exact) mass is 284 g/mol. The highest BCUT2D eigenvalue weighted by atomic mass is 79.9. The molecular weight excluding hydrogens is 280 g/mol. The molecule has 0 unspecified atom stereocenters. The van der Waals surface area contributed by atoms with E-state index in [0.29, 0.717) is 0 Å². The van der Waals surface area contributed by atoms with Gasteiger partial charge in [0.05, 0.1) is 15.8 Å². The van der Waals surface area contributed by atoms with E-state index in [1.54, 1.807) is 0 Å². The Kier molecular flexibility index (Phi) is 3.58. The molecule has 7 heteroatoms. The Morgan fingerprint density at radius 2 is 2.25 bits per heavy atom. The molecule has 1 aromatic carbocycles. The average Bonchev–Trinajstić information content (AvgIpc) is 2.27. The van der Waals surface area contributed by atoms with E-state index in [1.807, 2.05) is 0 Å². The fourth-order valence-electron chi connectivity index (χ4n) is 1.14. The standard InChI is InChI=1S/C9H5BrN2O4/c10-3-8(13)5-1-2-7(12(15)16)6(4-11)9(5)14/h1-2,14H,3H2. The Hall–Kier alpha value is -1.94. The van der Waals surface area contributed by atoms with Crippen molar-refractivity contribution in [3.63, 3.8) is 0 Å². The van der Waals surface area contributed by atoms with Gasteiger partial charge in [0.25, 0.3) is 5.69 Å². The van der Waals surface area contributed by atoms with Crippen molar-refractivity contribution in [2.24, 2.45) is 0 Å². The summed E-state index contributed by atoms with van der Waals surface area (Å²) in [6.45, 7) is 0. The molecule has 0 atom stereocenters. The maximum absolute atomic E-state index is 11.3. The number of rotatable bonds is 3. The number of nitro benzene ring substituents is 1. The summed E-state index contributed by atoms with van der Waals surface area (Å²) in [5, 5.41) is 28.7. The number of hydrogen-bond acceptors (Lipinski definition) is 5. The summed E-state index contributed by atoms with van der Waals surface area (Å²) < 4.78 is 0. The lowest BCUT2D eigenvalue weighted by Gasteiger charge is -2.03. The number of hydrogen-bond donors (Lipinski definition) is 1. The van der Waals surface area contributed by atoms with Crippen LogP contribution in [0.5, 0.6) is 5.75 Å². The zero-order valence-electron chi connectivity index (χ0n) is 7.81. The lowest BCUT2D eigenvalue weighted by molar-refractivity contribution is -0.385. The van der Waals surface area contributed by atoms with Gasteiger partial charge in [0.15, 0.2) is 17.1 Å². The quantitative estimate of drug-likeness (QED) is 0.394. The number of aromatic hydroxyl groups is 1. The molecule has 0 heterocycles. The van der Waals surface area contributed by atoms with Crippen LogP contribution in [0.1, 0.15) is 15.9 Å². The number of benzene rings is 1. The third-order valence-corrected chi connectivity index (χ3v) is 2.40. The second-order valence-electron chi connectivity index (χ2n) is 2.78. The lowest BCUT2D eigenvalue weighted by Crippen LogP contribution is -2.03. The summed E-state index contributed by atoms with van der Waals surface area (Å²) in [4.78, 5) is 21.0. The smallest absolute Gasteiger partial charge is 0.290 e. The number of nitriles is 1. The van der Waals surface area contributed by atoms with E-state index in [0.717, 1.165) is 12.1 Å². The predicted octanol–water partition coefficient (Wildman–Crippen LogP) is 1.75. The Labute approximate surface area is 98.4 Å². The van der Waals surface area contributed by atoms with Crippen molar-refractivity contribution in [1.29, 1.82) is 5.26 Å². The zero-order chi connectivity index (χ0) is 12.3. The first-order valence-corrected chi connectivity index (χ1v) is 5.14. The van der Waals surface area contributed by atoms with Crippen LogP contribution in [0.2, 0.25) is 0 Å². The molecule has 0 bridgehead atoms. The first-order valence-electron chi connectivity index (χ1n) is 4.02. The number of phenols is 1. The molecule has 0 amide bonds. The minimum absolute atomic E-state index is 0.0385. The molecule has 0 fully saturated rings. The van der Waals surface area contributed by atoms with Crippen molar-refractivity contribution in [2.75, 3.05) is 5.33 Å². The van der Waals surface area contributed by atoms with Crippen LogP contribution in [-0.2, 0) is 0 Å². The maximum atomic E-state index is 11.3. The lowest BCUT2D eigenvalue weighted by atomic mass is 10.0. The van der Waals surface area contributed by atoms with Crippen LogP contribution in [0, 0.1) is 21.4 Å². The molecule has 6 nitrogen and oxygen atoms in total. The van der Waals surface area contributed by atoms with Crippen LogP contribution in [0.15, 0.2) is 12.1 Å². The summed E-state index contributed by atoms with van der Waals surface area (Å²) in [5.41, 5.74) is -1.14. The maximum Gasteiger partial charge on any atom is 0.290 e. The summed E-state index contributed by atoms with van der Waals surface area (Å²) in [7, 11) is 0. The van der Waals surface area contributed by atoms with Gasteiger partial charge in [-0.3, -0.25) is 14.9 Å². The number of ketones is 1. The van der Waals surface area contributed by atoms with Crippen LogP contribution in [0.25, 0.3) is 0 Å². The molecule has 1 N–H and O–H groups in total. The van der Waals surface area contributed by atoms with Crippen LogP contribution in [0.3, 0.4) is 0 Å². The molecule has 0 aliphatic rings. The fourth-order valence-corrected chi connectivity index (χ4v) is 1.44. The Morgan fingerprint density at radius 1 is 1.62 bits per heavy atom. The van der Waals surface area contributed by atoms with Crippen LogP contribution in [0.4, 0.5) is 5.69 Å². The molecule has 0 aromatic heterocycles. The zero-order valence-corrected chi connectivity index (χ0v) is 9.39. The molecule has 0 radical (unpaired) electrons. The van der Waals surface area contributed by atoms with Crippen molar-refractivity contribution < 1.29 is 14.8 Å². The van der Waals surface area contributed by atoms with Crippen molar-refractivity contribution in [1.82, 2.24) is 0 Å². The fraction of sp³-hybridized carbons (Fsp3) is 0.111. The molecule has 0 aliphatic heterocycles. The second-order valence-corrected chi connectivity index (χ2v) is 3.34. The minimum Gasteiger partial charge on any atom is -0.506 e. The Balaban J connectivity index is 3.48.